The van der Waals surface area contributed by atoms with Crippen molar-refractivity contribution in [2.75, 3.05) is 14.2 Å². The second kappa shape index (κ2) is 5.83. The van der Waals surface area contributed by atoms with Gasteiger partial charge in [-0.1, -0.05) is 17.2 Å². The van der Waals surface area contributed by atoms with Crippen LogP contribution in [0.3, 0.4) is 0 Å². The van der Waals surface area contributed by atoms with E-state index in [1.807, 2.05) is 27.7 Å². The van der Waals surface area contributed by atoms with Crippen molar-refractivity contribution >= 4 is 18.9 Å². The van der Waals surface area contributed by atoms with E-state index in [1.165, 1.54) is 0 Å². The lowest BCUT2D eigenvalue weighted by molar-refractivity contribution is -0.132. The Balaban J connectivity index is 3.07. The Morgan fingerprint density at radius 3 is 1.74 bits per heavy atom. The molecule has 1 heterocycles. The van der Waals surface area contributed by atoms with Crippen molar-refractivity contribution < 1.29 is 18.3 Å². The molecule has 19 heavy (non-hydrogen) atoms. The highest BCUT2D eigenvalue weighted by Crippen LogP contribution is 2.42. The van der Waals surface area contributed by atoms with Gasteiger partial charge in [0.1, 0.15) is 12.2 Å². The predicted octanol–water partition coefficient (Wildman–Crippen LogP) is 2.98. The van der Waals surface area contributed by atoms with Crippen molar-refractivity contribution in [2.24, 2.45) is 0 Å². The summed E-state index contributed by atoms with van der Waals surface area (Å²) in [5.41, 5.74) is -1.02. The van der Waals surface area contributed by atoms with E-state index >= 15 is 0 Å². The van der Waals surface area contributed by atoms with Gasteiger partial charge in [-0.3, -0.25) is 0 Å². The summed E-state index contributed by atoms with van der Waals surface area (Å²) in [6.45, 7) is 11.6. The first-order chi connectivity index (χ1) is 8.62. The second-order valence-electron chi connectivity index (χ2n) is 5.84. The third kappa shape index (κ3) is 3.59. The molecule has 0 aliphatic carbocycles. The van der Waals surface area contributed by atoms with Crippen LogP contribution in [0.5, 0.6) is 0 Å². The highest BCUT2D eigenvalue weighted by Gasteiger charge is 2.58. The summed E-state index contributed by atoms with van der Waals surface area (Å²) in [6, 6.07) is 0.529. The van der Waals surface area contributed by atoms with E-state index in [0.29, 0.717) is 6.04 Å². The van der Waals surface area contributed by atoms with E-state index in [-0.39, 0.29) is 12.2 Å². The summed E-state index contributed by atoms with van der Waals surface area (Å²) in [6.07, 6.45) is 1.17. The molecule has 0 radical (unpaired) electrons. The number of hydrogen-bond donors (Lipinski definition) is 0. The Morgan fingerprint density at radius 2 is 1.47 bits per heavy atom. The van der Waals surface area contributed by atoms with E-state index < -0.39 is 19.1 Å². The summed E-state index contributed by atoms with van der Waals surface area (Å²) in [4.78, 5) is 0. The third-order valence-corrected chi connectivity index (χ3v) is 6.68. The molecule has 112 valence electrons. The molecular weight excluding hydrogens is 284 g/mol. The lowest BCUT2D eigenvalue weighted by Crippen LogP contribution is -2.53. The van der Waals surface area contributed by atoms with E-state index in [2.05, 4.69) is 6.58 Å². The van der Waals surface area contributed by atoms with Crippen LogP contribution in [0.4, 0.5) is 0 Å². The van der Waals surface area contributed by atoms with Gasteiger partial charge in [0.25, 0.3) is 0 Å². The zero-order valence-corrected chi connectivity index (χ0v) is 14.4. The molecule has 0 aromatic rings. The van der Waals surface area contributed by atoms with Crippen LogP contribution >= 0.6 is 11.1 Å². The number of rotatable bonds is 6. The molecule has 1 aliphatic heterocycles. The van der Waals surface area contributed by atoms with Crippen LogP contribution in [0.15, 0.2) is 12.7 Å². The molecule has 0 N–H and O–H groups in total. The monoisotopic (exact) mass is 308 g/mol. The van der Waals surface area contributed by atoms with Gasteiger partial charge in [-0.05, 0) is 27.7 Å². The van der Waals surface area contributed by atoms with Crippen molar-refractivity contribution in [3.8, 4) is 0 Å². The maximum absolute atomic E-state index is 6.50. The molecule has 6 heteroatoms. The SMILES string of the molecule is C=CC[Si]1(Cl)O[C@@H](C(C)(C)OC)[C@H](C(C)(C)OC)O1. The number of halogens is 1. The normalized spacial score (nSPS) is 27.5. The number of ether oxygens (including phenoxy) is 2. The Hall–Kier alpha value is 0.0869. The minimum absolute atomic E-state index is 0.281. The molecule has 0 unspecified atom stereocenters. The van der Waals surface area contributed by atoms with Crippen LogP contribution in [-0.4, -0.2) is 45.5 Å². The molecule has 2 atom stereocenters. The van der Waals surface area contributed by atoms with Crippen molar-refractivity contribution in [1.29, 1.82) is 0 Å². The van der Waals surface area contributed by atoms with Gasteiger partial charge in [0, 0.05) is 20.3 Å². The van der Waals surface area contributed by atoms with Crippen molar-refractivity contribution in [3.63, 3.8) is 0 Å². The average molecular weight is 309 g/mol. The molecule has 1 fully saturated rings. The van der Waals surface area contributed by atoms with Crippen LogP contribution in [0.25, 0.3) is 0 Å². The molecule has 0 bridgehead atoms. The first-order valence-electron chi connectivity index (χ1n) is 6.37. The summed E-state index contributed by atoms with van der Waals surface area (Å²) in [5, 5.41) is 0. The smallest absolute Gasteiger partial charge is 0.376 e. The van der Waals surface area contributed by atoms with Crippen LogP contribution in [0.1, 0.15) is 27.7 Å². The van der Waals surface area contributed by atoms with Crippen molar-refractivity contribution in [3.05, 3.63) is 12.7 Å². The molecule has 0 aromatic heterocycles. The van der Waals surface area contributed by atoms with Gasteiger partial charge in [0.05, 0.1) is 11.2 Å². The van der Waals surface area contributed by atoms with E-state index in [9.17, 15) is 0 Å². The predicted molar refractivity (Wildman–Crippen MR) is 78.5 cm³/mol. The van der Waals surface area contributed by atoms with Gasteiger partial charge >= 0.3 is 7.87 Å². The molecule has 0 spiro atoms. The lowest BCUT2D eigenvalue weighted by atomic mass is 9.87. The molecule has 0 aromatic carbocycles. The first kappa shape index (κ1) is 17.1. The van der Waals surface area contributed by atoms with Crippen LogP contribution < -0.4 is 0 Å². The Kier molecular flexibility index (Phi) is 5.26. The highest BCUT2D eigenvalue weighted by atomic mass is 35.6. The molecular formula is C13H25ClO4Si. The Labute approximate surface area is 122 Å². The largest absolute Gasteiger partial charge is 0.447 e. The third-order valence-electron chi connectivity index (χ3n) is 3.69. The maximum atomic E-state index is 6.50. The quantitative estimate of drug-likeness (QED) is 0.429. The van der Waals surface area contributed by atoms with E-state index in [4.69, 9.17) is 29.4 Å². The second-order valence-corrected chi connectivity index (χ2v) is 9.77. The fraction of sp³-hybridized carbons (Fsp3) is 0.846. The average Bonchev–Trinajstić information content (AvgIpc) is 2.69. The summed E-state index contributed by atoms with van der Waals surface area (Å²) >= 11 is 6.50. The lowest BCUT2D eigenvalue weighted by Gasteiger charge is -2.39. The Morgan fingerprint density at radius 1 is 1.11 bits per heavy atom. The van der Waals surface area contributed by atoms with Gasteiger partial charge in [0.2, 0.25) is 0 Å². The van der Waals surface area contributed by atoms with Gasteiger partial charge < -0.3 is 18.3 Å². The molecule has 0 amide bonds. The minimum atomic E-state index is -2.77. The van der Waals surface area contributed by atoms with Crippen LogP contribution in [-0.2, 0) is 18.3 Å². The topological polar surface area (TPSA) is 36.9 Å². The molecule has 1 saturated heterocycles. The van der Waals surface area contributed by atoms with Gasteiger partial charge in [-0.25, -0.2) is 0 Å². The molecule has 4 nitrogen and oxygen atoms in total. The zero-order chi connectivity index (χ0) is 14.9. The Bertz CT molecular complexity index is 309. The first-order valence-corrected chi connectivity index (χ1v) is 9.41. The maximum Gasteiger partial charge on any atom is 0.447 e. The fourth-order valence-corrected chi connectivity index (χ4v) is 5.11. The van der Waals surface area contributed by atoms with Crippen LogP contribution in [0, 0.1) is 0 Å². The van der Waals surface area contributed by atoms with Gasteiger partial charge in [0.15, 0.2) is 0 Å². The summed E-state index contributed by atoms with van der Waals surface area (Å²) in [5.74, 6) is 0. The fourth-order valence-electron chi connectivity index (χ4n) is 2.04. The molecule has 0 saturated carbocycles. The standard InChI is InChI=1S/C13H25ClO4Si/c1-8-9-19(14)17-10(12(2,3)15-6)11(18-19)13(4,5)16-7/h8,10-11H,1,9H2,2-7H3/t10-,11-/m1/s1. The van der Waals surface area contributed by atoms with E-state index in [0.717, 1.165) is 0 Å². The van der Waals surface area contributed by atoms with Gasteiger partial charge in [-0.15, -0.1) is 6.58 Å². The highest BCUT2D eigenvalue weighted by molar-refractivity contribution is 7.13. The van der Waals surface area contributed by atoms with Gasteiger partial charge in [-0.2, -0.15) is 0 Å². The molecule has 1 rings (SSSR count). The summed E-state index contributed by atoms with van der Waals surface area (Å²) in [7, 11) is 0.542. The summed E-state index contributed by atoms with van der Waals surface area (Å²) < 4.78 is 23.2. The van der Waals surface area contributed by atoms with E-state index in [1.54, 1.807) is 20.3 Å². The van der Waals surface area contributed by atoms with Crippen LogP contribution in [0.2, 0.25) is 6.04 Å². The zero-order valence-electron chi connectivity index (χ0n) is 12.7. The molecule has 1 aliphatic rings. The number of allylic oxidation sites excluding steroid dienone is 1. The van der Waals surface area contributed by atoms with Crippen molar-refractivity contribution in [2.45, 2.75) is 57.1 Å². The van der Waals surface area contributed by atoms with Crippen molar-refractivity contribution in [1.82, 2.24) is 0 Å². The number of methoxy groups -OCH3 is 2. The minimum Gasteiger partial charge on any atom is -0.376 e. The number of hydrogen-bond acceptors (Lipinski definition) is 4.